The van der Waals surface area contributed by atoms with Gasteiger partial charge in [-0.1, -0.05) is 39.2 Å². The van der Waals surface area contributed by atoms with Crippen LogP contribution in [-0.4, -0.2) is 310 Å². The van der Waals surface area contributed by atoms with Gasteiger partial charge in [0.2, 0.25) is 17.7 Å². The van der Waals surface area contributed by atoms with Crippen molar-refractivity contribution in [2.45, 2.75) is 90.0 Å². The number of hydrogen-bond acceptors (Lipinski definition) is 20. The molecule has 30 heteroatoms. The maximum Gasteiger partial charge on any atom is 0.326 e. The van der Waals surface area contributed by atoms with E-state index < -0.39 is 35.8 Å². The molecule has 97 heavy (non-hydrogen) atoms. The summed E-state index contributed by atoms with van der Waals surface area (Å²) in [6, 6.07) is 11.3. The van der Waals surface area contributed by atoms with Crippen LogP contribution in [0.5, 0.6) is 11.5 Å². The summed E-state index contributed by atoms with van der Waals surface area (Å²) < 4.78 is 29.9. The van der Waals surface area contributed by atoms with Gasteiger partial charge in [0, 0.05) is 111 Å². The second kappa shape index (κ2) is 42.8. The highest BCUT2D eigenvalue weighted by atomic mass is 16.5. The number of aromatic nitrogens is 2. The molecule has 0 radical (unpaired) electrons. The molecule has 5 rings (SSSR count). The molecule has 1 aromatic heterocycles. The number of nitrogens with zero attached hydrogens (tertiary/aromatic N) is 9. The molecule has 30 nitrogen and oxygen atoms in total. The molecule has 1 aliphatic carbocycles. The Kier molecular flexibility index (Phi) is 35.2. The lowest BCUT2D eigenvalue weighted by Crippen LogP contribution is -2.49. The van der Waals surface area contributed by atoms with Crippen molar-refractivity contribution in [1.82, 2.24) is 60.0 Å². The smallest absolute Gasteiger partial charge is 0.326 e. The minimum absolute atomic E-state index is 0.0115. The second-order valence-electron chi connectivity index (χ2n) is 24.9. The second-order valence-corrected chi connectivity index (χ2v) is 24.9. The highest BCUT2D eigenvalue weighted by Crippen LogP contribution is 2.41. The summed E-state index contributed by atoms with van der Waals surface area (Å²) in [5.41, 5.74) is 2.90. The van der Waals surface area contributed by atoms with Crippen molar-refractivity contribution in [2.24, 2.45) is 5.92 Å². The van der Waals surface area contributed by atoms with Crippen molar-refractivity contribution in [3.8, 4) is 28.4 Å². The Hall–Kier alpha value is -7.84. The number of benzene rings is 2. The maximum atomic E-state index is 14.0. The van der Waals surface area contributed by atoms with Gasteiger partial charge in [0.15, 0.2) is 5.69 Å². The number of ether oxygens (including phenoxy) is 5. The lowest BCUT2D eigenvalue weighted by atomic mass is 9.84. The lowest BCUT2D eigenvalue weighted by Gasteiger charge is -2.32. The zero-order chi connectivity index (χ0) is 70.8. The minimum Gasteiger partial charge on any atom is -0.496 e. The Morgan fingerprint density at radius 1 is 0.598 bits per heavy atom. The van der Waals surface area contributed by atoms with E-state index in [1.54, 1.807) is 73.6 Å². The zero-order valence-electron chi connectivity index (χ0n) is 57.6. The van der Waals surface area contributed by atoms with E-state index in [2.05, 4.69) is 20.9 Å². The first kappa shape index (κ1) is 79.8. The van der Waals surface area contributed by atoms with Gasteiger partial charge in [-0.15, -0.1) is 0 Å². The fourth-order valence-corrected chi connectivity index (χ4v) is 11.7. The fourth-order valence-electron chi connectivity index (χ4n) is 11.7. The summed E-state index contributed by atoms with van der Waals surface area (Å²) in [6.07, 6.45) is 6.37. The van der Waals surface area contributed by atoms with E-state index >= 15 is 0 Å². The number of amides is 5. The van der Waals surface area contributed by atoms with E-state index in [1.807, 2.05) is 37.9 Å². The molecule has 1 saturated heterocycles. The molecule has 1 aliphatic heterocycles. The van der Waals surface area contributed by atoms with E-state index in [-0.39, 0.29) is 139 Å². The summed E-state index contributed by atoms with van der Waals surface area (Å²) >= 11 is 0. The number of carboxylic acids is 4. The van der Waals surface area contributed by atoms with Gasteiger partial charge in [0.1, 0.15) is 24.3 Å². The van der Waals surface area contributed by atoms with Crippen molar-refractivity contribution < 1.29 is 87.3 Å². The van der Waals surface area contributed by atoms with Crippen molar-refractivity contribution in [3.63, 3.8) is 0 Å². The van der Waals surface area contributed by atoms with E-state index in [1.165, 1.54) is 14.2 Å². The van der Waals surface area contributed by atoms with Crippen molar-refractivity contribution in [2.75, 3.05) is 186 Å². The van der Waals surface area contributed by atoms with E-state index in [9.17, 15) is 63.6 Å². The number of carboxylic acid groups (broad SMARTS) is 4. The van der Waals surface area contributed by atoms with Crippen LogP contribution in [0.4, 0.5) is 0 Å². The van der Waals surface area contributed by atoms with Crippen molar-refractivity contribution in [3.05, 3.63) is 59.3 Å². The summed E-state index contributed by atoms with van der Waals surface area (Å²) in [7, 11) is 8.56. The Morgan fingerprint density at radius 2 is 1.12 bits per heavy atom. The van der Waals surface area contributed by atoms with E-state index in [0.717, 1.165) is 24.8 Å². The third-order valence-corrected chi connectivity index (χ3v) is 17.1. The molecule has 5 amide bonds. The Balaban J connectivity index is 0.939. The van der Waals surface area contributed by atoms with E-state index in [4.69, 9.17) is 28.8 Å². The first-order valence-corrected chi connectivity index (χ1v) is 33.5. The van der Waals surface area contributed by atoms with Crippen molar-refractivity contribution in [1.29, 1.82) is 0 Å². The van der Waals surface area contributed by atoms with E-state index in [0.29, 0.717) is 132 Å². The van der Waals surface area contributed by atoms with Gasteiger partial charge in [-0.05, 0) is 106 Å². The normalized spacial score (nSPS) is 15.2. The molecule has 1 atom stereocenters. The van der Waals surface area contributed by atoms with Crippen LogP contribution in [0, 0.1) is 5.92 Å². The first-order valence-electron chi connectivity index (χ1n) is 33.5. The van der Waals surface area contributed by atoms with Crippen LogP contribution >= 0.6 is 0 Å². The Morgan fingerprint density at radius 3 is 1.65 bits per heavy atom. The van der Waals surface area contributed by atoms with Crippen LogP contribution in [0.1, 0.15) is 110 Å². The first-order chi connectivity index (χ1) is 46.5. The number of carbonyl (C=O) groups excluding carboxylic acids is 5. The average Bonchev–Trinajstić information content (AvgIpc) is 1.67. The monoisotopic (exact) mass is 1360 g/mol. The quantitative estimate of drug-likeness (QED) is 0.0317. The highest BCUT2D eigenvalue weighted by Gasteiger charge is 2.33. The van der Waals surface area contributed by atoms with Gasteiger partial charge in [-0.3, -0.25) is 58.0 Å². The SMILES string of the molecule is COc1cccc(OC)c1-c1cc(C(=O)N[C@H](C(=O)O)C2CCCCC2)nn1-c1ccc(C(=O)N(C)CCCN(C)CCCN(C)C(=O)CCC(=O)NCCCOCCOCCOCNC(=O)CN2CCN(CC(=O)O)CCN(CC(=O)O)CCN(CC(=O)O)CC2)cc1C(C)C. The molecule has 3 aromatic rings. The molecule has 1 saturated carbocycles. The molecule has 0 spiro atoms. The van der Waals surface area contributed by atoms with Crippen LogP contribution in [0.2, 0.25) is 0 Å². The van der Waals surface area contributed by atoms with Gasteiger partial charge in [0.05, 0.1) is 83.8 Å². The van der Waals surface area contributed by atoms with Gasteiger partial charge in [-0.2, -0.15) is 5.10 Å². The van der Waals surface area contributed by atoms with Crippen LogP contribution in [0.3, 0.4) is 0 Å². The average molecular weight is 1370 g/mol. The number of nitrogens with one attached hydrogen (secondary N) is 3. The van der Waals surface area contributed by atoms with Crippen LogP contribution in [-0.2, 0) is 47.8 Å². The predicted octanol–water partition coefficient (Wildman–Crippen LogP) is 2.57. The summed E-state index contributed by atoms with van der Waals surface area (Å²) in [6.45, 7) is 9.64. The lowest BCUT2D eigenvalue weighted by molar-refractivity contribution is -0.141. The Bertz CT molecular complexity index is 2960. The number of methoxy groups -OCH3 is 2. The maximum absolute atomic E-state index is 14.0. The van der Waals surface area contributed by atoms with Gasteiger partial charge >= 0.3 is 23.9 Å². The summed E-state index contributed by atoms with van der Waals surface area (Å²) in [5, 5.41) is 51.6. The molecule has 7 N–H and O–H groups in total. The Labute approximate surface area is 568 Å². The molecule has 2 fully saturated rings. The van der Waals surface area contributed by atoms with Gasteiger partial charge in [0.25, 0.3) is 11.8 Å². The minimum atomic E-state index is -1.09. The molecule has 540 valence electrons. The largest absolute Gasteiger partial charge is 0.496 e. The molecular weight excluding hydrogens is 1260 g/mol. The molecule has 2 heterocycles. The molecular formula is C67H104N12O18. The number of rotatable bonds is 41. The van der Waals surface area contributed by atoms with Crippen LogP contribution < -0.4 is 25.4 Å². The van der Waals surface area contributed by atoms with Gasteiger partial charge < -0.3 is 74.8 Å². The molecule has 2 aliphatic rings. The number of aliphatic carboxylic acids is 4. The number of hydrogen-bond donors (Lipinski definition) is 7. The zero-order valence-corrected chi connectivity index (χ0v) is 57.6. The molecule has 0 unspecified atom stereocenters. The third-order valence-electron chi connectivity index (χ3n) is 17.1. The fraction of sp³-hybridized carbons (Fsp3) is 0.642. The standard InChI is InChI=1S/C67H104N12O18/c1-48(2)51-41-50(19-20-53(51)79-54(63-55(93-6)17-11-18-56(63)94-7)42-52(71-79)65(89)70-64(67(91)92)49-15-9-8-10-16-49)66(90)74(5)27-14-25-72(3)24-13-26-73(4)59(82)22-21-57(80)68-23-12-36-95-37-38-96-39-40-97-47-69-58(81)43-75-28-30-76(44-60(83)84)32-34-78(46-62(87)88)35-33-77(31-29-75)45-61(85)86/h11,17-20,41-42,48-49,64H,8-10,12-16,21-40,43-47H2,1-7H3,(H,68,80)(H,69,81)(H,70,89)(H,83,84)(H,85,86)(H,87,88)(H,91,92)/t64-/m0/s1. The topological polar surface area (TPSA) is 357 Å². The third kappa shape index (κ3) is 28.3. The van der Waals surface area contributed by atoms with Crippen LogP contribution in [0.25, 0.3) is 16.9 Å². The van der Waals surface area contributed by atoms with Crippen LogP contribution in [0.15, 0.2) is 42.5 Å². The molecule has 2 aromatic carbocycles. The highest BCUT2D eigenvalue weighted by molar-refractivity contribution is 5.97. The molecule has 0 bridgehead atoms. The number of carbonyl (C=O) groups is 9. The predicted molar refractivity (Wildman–Crippen MR) is 359 cm³/mol. The van der Waals surface area contributed by atoms with Crippen molar-refractivity contribution >= 4 is 53.4 Å². The summed E-state index contributed by atoms with van der Waals surface area (Å²) in [4.78, 5) is 126. The van der Waals surface area contributed by atoms with Gasteiger partial charge in [-0.25, -0.2) is 9.48 Å². The summed E-state index contributed by atoms with van der Waals surface area (Å²) in [5.74, 6) is -5.04.